The van der Waals surface area contributed by atoms with Crippen molar-refractivity contribution in [1.29, 1.82) is 5.26 Å². The molecule has 0 saturated carbocycles. The summed E-state index contributed by atoms with van der Waals surface area (Å²) < 4.78 is 0. The summed E-state index contributed by atoms with van der Waals surface area (Å²) in [6.45, 7) is 4.09. The van der Waals surface area contributed by atoms with Gasteiger partial charge in [0, 0.05) is 11.9 Å². The number of rotatable bonds is 5. The third-order valence-corrected chi connectivity index (χ3v) is 4.38. The van der Waals surface area contributed by atoms with E-state index in [0.717, 1.165) is 34.4 Å². The normalized spacial score (nSPS) is 11.5. The Kier molecular flexibility index (Phi) is 4.51. The SMILES string of the molecule is CCc1ccc(-n2nc3cc(C)c(NC=C(C#N)c4nn[nH]n4)cc3n2)cc1. The Hall–Kier alpha value is -4.06. The average molecular weight is 371 g/mol. The molecule has 2 heterocycles. The molecule has 0 atom stereocenters. The number of anilines is 1. The second-order valence-corrected chi connectivity index (χ2v) is 6.21. The minimum absolute atomic E-state index is 0.232. The van der Waals surface area contributed by atoms with Crippen molar-refractivity contribution < 1.29 is 0 Å². The highest BCUT2D eigenvalue weighted by Gasteiger charge is 2.10. The minimum Gasteiger partial charge on any atom is -0.360 e. The van der Waals surface area contributed by atoms with Crippen LogP contribution in [0.3, 0.4) is 0 Å². The number of nitrogens with one attached hydrogen (secondary N) is 2. The zero-order valence-corrected chi connectivity index (χ0v) is 15.4. The molecular weight excluding hydrogens is 354 g/mol. The van der Waals surface area contributed by atoms with E-state index in [1.54, 1.807) is 11.0 Å². The van der Waals surface area contributed by atoms with Crippen molar-refractivity contribution in [3.05, 3.63) is 59.5 Å². The van der Waals surface area contributed by atoms with Crippen LogP contribution >= 0.6 is 0 Å². The number of aryl methyl sites for hydroxylation is 2. The van der Waals surface area contributed by atoms with Crippen LogP contribution in [0.1, 0.15) is 23.9 Å². The number of nitriles is 1. The summed E-state index contributed by atoms with van der Waals surface area (Å²) in [6.07, 6.45) is 2.54. The lowest BCUT2D eigenvalue weighted by Crippen LogP contribution is -1.98. The van der Waals surface area contributed by atoms with Crippen molar-refractivity contribution in [1.82, 2.24) is 35.6 Å². The summed E-state index contributed by atoms with van der Waals surface area (Å²) in [5.41, 5.74) is 5.78. The van der Waals surface area contributed by atoms with Gasteiger partial charge in [0.15, 0.2) is 0 Å². The number of tetrazole rings is 1. The molecule has 9 heteroatoms. The predicted octanol–water partition coefficient (Wildman–Crippen LogP) is 2.78. The maximum Gasteiger partial charge on any atom is 0.216 e. The first-order chi connectivity index (χ1) is 13.7. The lowest BCUT2D eigenvalue weighted by molar-refractivity contribution is 0.765. The van der Waals surface area contributed by atoms with Crippen molar-refractivity contribution in [3.63, 3.8) is 0 Å². The van der Waals surface area contributed by atoms with Gasteiger partial charge in [-0.15, -0.1) is 20.4 Å². The number of H-pyrrole nitrogens is 1. The highest BCUT2D eigenvalue weighted by Crippen LogP contribution is 2.23. The molecule has 2 aromatic carbocycles. The number of fused-ring (bicyclic) bond motifs is 1. The Morgan fingerprint density at radius 3 is 2.61 bits per heavy atom. The topological polar surface area (TPSA) is 121 Å². The largest absolute Gasteiger partial charge is 0.360 e. The molecule has 0 unspecified atom stereocenters. The van der Waals surface area contributed by atoms with Crippen LogP contribution in [-0.2, 0) is 6.42 Å². The van der Waals surface area contributed by atoms with E-state index in [4.69, 9.17) is 0 Å². The van der Waals surface area contributed by atoms with Gasteiger partial charge in [0.2, 0.25) is 5.82 Å². The fourth-order valence-electron chi connectivity index (χ4n) is 2.78. The molecule has 0 bridgehead atoms. The molecule has 138 valence electrons. The molecule has 0 radical (unpaired) electrons. The highest BCUT2D eigenvalue weighted by atomic mass is 15.5. The Morgan fingerprint density at radius 2 is 1.96 bits per heavy atom. The van der Waals surface area contributed by atoms with Gasteiger partial charge in [0.25, 0.3) is 0 Å². The predicted molar refractivity (Wildman–Crippen MR) is 104 cm³/mol. The number of nitrogens with zero attached hydrogens (tertiary/aromatic N) is 7. The number of aromatic amines is 1. The van der Waals surface area contributed by atoms with Crippen LogP contribution in [0.4, 0.5) is 5.69 Å². The van der Waals surface area contributed by atoms with Crippen LogP contribution in [-0.4, -0.2) is 35.6 Å². The molecule has 9 nitrogen and oxygen atoms in total. The number of benzene rings is 2. The standard InChI is InChI=1S/C19H17N9/c1-3-13-4-6-15(7-5-13)28-24-17-8-12(2)16(9-18(17)25-28)21-11-14(10-20)19-22-26-27-23-19/h4-9,11,21H,3H2,1-2H3,(H,22,23,26,27). The molecule has 28 heavy (non-hydrogen) atoms. The third kappa shape index (κ3) is 3.31. The smallest absolute Gasteiger partial charge is 0.216 e. The molecule has 0 aliphatic heterocycles. The summed E-state index contributed by atoms with van der Waals surface area (Å²) in [5, 5.41) is 35.0. The van der Waals surface area contributed by atoms with E-state index >= 15 is 0 Å². The second kappa shape index (κ2) is 7.28. The molecule has 0 aliphatic carbocycles. The maximum atomic E-state index is 9.28. The molecule has 0 aliphatic rings. The van der Waals surface area contributed by atoms with Gasteiger partial charge in [0.1, 0.15) is 22.7 Å². The van der Waals surface area contributed by atoms with Crippen LogP contribution in [0.15, 0.2) is 42.6 Å². The Balaban J connectivity index is 1.65. The maximum absolute atomic E-state index is 9.28. The molecule has 0 saturated heterocycles. The number of allylic oxidation sites excluding steroid dienone is 1. The minimum atomic E-state index is 0.232. The van der Waals surface area contributed by atoms with E-state index in [1.807, 2.05) is 37.3 Å². The molecule has 4 aromatic rings. The number of aromatic nitrogens is 7. The lowest BCUT2D eigenvalue weighted by atomic mass is 10.1. The van der Waals surface area contributed by atoms with Gasteiger partial charge in [-0.1, -0.05) is 19.1 Å². The molecule has 2 N–H and O–H groups in total. The first kappa shape index (κ1) is 17.4. The van der Waals surface area contributed by atoms with Gasteiger partial charge in [-0.2, -0.15) is 15.3 Å². The summed E-state index contributed by atoms with van der Waals surface area (Å²) >= 11 is 0. The fourth-order valence-corrected chi connectivity index (χ4v) is 2.78. The van der Waals surface area contributed by atoms with Gasteiger partial charge in [0.05, 0.1) is 5.69 Å². The van der Waals surface area contributed by atoms with Crippen molar-refractivity contribution in [2.45, 2.75) is 20.3 Å². The van der Waals surface area contributed by atoms with Gasteiger partial charge >= 0.3 is 0 Å². The fraction of sp³-hybridized carbons (Fsp3) is 0.158. The average Bonchev–Trinajstić information content (AvgIpc) is 3.38. The number of hydrogen-bond donors (Lipinski definition) is 2. The van der Waals surface area contributed by atoms with Gasteiger partial charge in [-0.3, -0.25) is 0 Å². The van der Waals surface area contributed by atoms with Crippen LogP contribution in [0.5, 0.6) is 0 Å². The molecular formula is C19H17N9. The van der Waals surface area contributed by atoms with E-state index < -0.39 is 0 Å². The molecule has 0 amide bonds. The number of hydrogen-bond acceptors (Lipinski definition) is 7. The van der Waals surface area contributed by atoms with Crippen molar-refractivity contribution in [2.75, 3.05) is 5.32 Å². The van der Waals surface area contributed by atoms with Crippen LogP contribution in [0.25, 0.3) is 22.3 Å². The van der Waals surface area contributed by atoms with E-state index in [9.17, 15) is 5.26 Å². The van der Waals surface area contributed by atoms with Crippen LogP contribution in [0, 0.1) is 18.3 Å². The third-order valence-electron chi connectivity index (χ3n) is 4.38. The summed E-state index contributed by atoms with van der Waals surface area (Å²) in [6, 6.07) is 14.1. The summed E-state index contributed by atoms with van der Waals surface area (Å²) in [5.74, 6) is 0.232. The van der Waals surface area contributed by atoms with Crippen molar-refractivity contribution in [2.24, 2.45) is 0 Å². The molecule has 0 spiro atoms. The molecule has 4 rings (SSSR count). The lowest BCUT2D eigenvalue weighted by Gasteiger charge is -2.05. The first-order valence-corrected chi connectivity index (χ1v) is 8.75. The van der Waals surface area contributed by atoms with Gasteiger partial charge in [-0.25, -0.2) is 0 Å². The van der Waals surface area contributed by atoms with Crippen molar-refractivity contribution in [3.8, 4) is 11.8 Å². The van der Waals surface area contributed by atoms with E-state index in [2.05, 4.69) is 55.2 Å². The quantitative estimate of drug-likeness (QED) is 0.517. The van der Waals surface area contributed by atoms with E-state index in [1.165, 1.54) is 5.56 Å². The van der Waals surface area contributed by atoms with Crippen LogP contribution in [0.2, 0.25) is 0 Å². The van der Waals surface area contributed by atoms with Crippen molar-refractivity contribution >= 4 is 22.3 Å². The Morgan fingerprint density at radius 1 is 1.21 bits per heavy atom. The van der Waals surface area contributed by atoms with Crippen LogP contribution < -0.4 is 5.32 Å². The highest BCUT2D eigenvalue weighted by molar-refractivity contribution is 5.82. The zero-order valence-electron chi connectivity index (χ0n) is 15.4. The Bertz CT molecular complexity index is 1180. The zero-order chi connectivity index (χ0) is 19.5. The Labute approximate surface area is 160 Å². The second-order valence-electron chi connectivity index (χ2n) is 6.21. The van der Waals surface area contributed by atoms with E-state index in [-0.39, 0.29) is 11.4 Å². The molecule has 2 aromatic heterocycles. The van der Waals surface area contributed by atoms with E-state index in [0.29, 0.717) is 0 Å². The monoisotopic (exact) mass is 371 g/mol. The summed E-state index contributed by atoms with van der Waals surface area (Å²) in [7, 11) is 0. The van der Waals surface area contributed by atoms with Gasteiger partial charge < -0.3 is 5.32 Å². The molecule has 0 fully saturated rings. The summed E-state index contributed by atoms with van der Waals surface area (Å²) in [4.78, 5) is 1.63. The first-order valence-electron chi connectivity index (χ1n) is 8.75. The van der Waals surface area contributed by atoms with Gasteiger partial charge in [-0.05, 0) is 54.0 Å².